The second-order valence-corrected chi connectivity index (χ2v) is 5.11. The molecule has 21 heavy (non-hydrogen) atoms. The second-order valence-electron chi connectivity index (χ2n) is 5.11. The van der Waals surface area contributed by atoms with Crippen molar-refractivity contribution >= 4 is 5.82 Å². The molecule has 0 amide bonds. The number of rotatable bonds is 2. The van der Waals surface area contributed by atoms with Crippen LogP contribution < -0.4 is 11.4 Å². The van der Waals surface area contributed by atoms with Crippen LogP contribution in [0.15, 0.2) is 41.5 Å². The number of hydrogen-bond donors (Lipinski definition) is 1. The summed E-state index contributed by atoms with van der Waals surface area (Å²) in [5.41, 5.74) is 9.53. The smallest absolute Gasteiger partial charge is 0.332 e. The van der Waals surface area contributed by atoms with Crippen LogP contribution in [0.3, 0.4) is 0 Å². The Morgan fingerprint density at radius 1 is 1.14 bits per heavy atom. The van der Waals surface area contributed by atoms with E-state index >= 15 is 0 Å². The molecule has 2 N–H and O–H groups in total. The standard InChI is InChI=1S/C15H17N5O/c1-10-9-18(2)15(21)20(10)12-6-4-11(5-7-12)13-8-17-19(3)14(13)16/h4-9H,16H2,1-3H3. The van der Waals surface area contributed by atoms with Gasteiger partial charge in [-0.1, -0.05) is 12.1 Å². The molecule has 3 aromatic rings. The van der Waals surface area contributed by atoms with Gasteiger partial charge in [0, 0.05) is 31.5 Å². The van der Waals surface area contributed by atoms with E-state index in [0.29, 0.717) is 5.82 Å². The van der Waals surface area contributed by atoms with Crippen LogP contribution >= 0.6 is 0 Å². The number of aryl methyl sites for hydroxylation is 3. The Bertz CT molecular complexity index is 851. The highest BCUT2D eigenvalue weighted by atomic mass is 16.1. The van der Waals surface area contributed by atoms with Crippen LogP contribution in [-0.4, -0.2) is 18.9 Å². The van der Waals surface area contributed by atoms with Gasteiger partial charge in [0.2, 0.25) is 0 Å². The fourth-order valence-electron chi connectivity index (χ4n) is 2.48. The molecule has 6 heteroatoms. The van der Waals surface area contributed by atoms with Crippen LogP contribution in [0.4, 0.5) is 5.82 Å². The summed E-state index contributed by atoms with van der Waals surface area (Å²) in [4.78, 5) is 12.1. The van der Waals surface area contributed by atoms with E-state index in [1.807, 2.05) is 37.4 Å². The van der Waals surface area contributed by atoms with E-state index in [0.717, 1.165) is 22.5 Å². The quantitative estimate of drug-likeness (QED) is 0.774. The third-order valence-electron chi connectivity index (χ3n) is 3.65. The lowest BCUT2D eigenvalue weighted by Gasteiger charge is -2.06. The van der Waals surface area contributed by atoms with Crippen molar-refractivity contribution in [2.75, 3.05) is 5.73 Å². The Labute approximate surface area is 122 Å². The van der Waals surface area contributed by atoms with Gasteiger partial charge in [-0.3, -0.25) is 9.25 Å². The van der Waals surface area contributed by atoms with Gasteiger partial charge in [-0.15, -0.1) is 0 Å². The van der Waals surface area contributed by atoms with Gasteiger partial charge in [-0.05, 0) is 24.6 Å². The first kappa shape index (κ1) is 13.2. The van der Waals surface area contributed by atoms with E-state index in [1.54, 1.807) is 34.1 Å². The molecule has 108 valence electrons. The van der Waals surface area contributed by atoms with Crippen LogP contribution in [0.25, 0.3) is 16.8 Å². The van der Waals surface area contributed by atoms with E-state index in [-0.39, 0.29) is 5.69 Å². The Hall–Kier alpha value is -2.76. The zero-order valence-electron chi connectivity index (χ0n) is 12.2. The van der Waals surface area contributed by atoms with Gasteiger partial charge in [-0.2, -0.15) is 5.10 Å². The lowest BCUT2D eigenvalue weighted by atomic mass is 10.1. The van der Waals surface area contributed by atoms with E-state index in [2.05, 4.69) is 5.10 Å². The van der Waals surface area contributed by atoms with E-state index in [4.69, 9.17) is 5.73 Å². The van der Waals surface area contributed by atoms with Gasteiger partial charge in [0.15, 0.2) is 0 Å². The normalized spacial score (nSPS) is 11.0. The molecule has 0 radical (unpaired) electrons. The predicted octanol–water partition coefficient (Wildman–Crippen LogP) is 1.47. The molecule has 0 bridgehead atoms. The van der Waals surface area contributed by atoms with Crippen molar-refractivity contribution in [3.05, 3.63) is 52.8 Å². The zero-order valence-corrected chi connectivity index (χ0v) is 12.2. The highest BCUT2D eigenvalue weighted by molar-refractivity contribution is 5.74. The molecule has 2 heterocycles. The van der Waals surface area contributed by atoms with Crippen LogP contribution in [-0.2, 0) is 14.1 Å². The number of hydrogen-bond acceptors (Lipinski definition) is 3. The Morgan fingerprint density at radius 3 is 2.29 bits per heavy atom. The van der Waals surface area contributed by atoms with Gasteiger partial charge in [0.05, 0.1) is 11.9 Å². The second kappa shape index (κ2) is 4.66. The van der Waals surface area contributed by atoms with E-state index < -0.39 is 0 Å². The lowest BCUT2D eigenvalue weighted by Crippen LogP contribution is -2.21. The van der Waals surface area contributed by atoms with Gasteiger partial charge in [0.1, 0.15) is 5.82 Å². The van der Waals surface area contributed by atoms with Crippen molar-refractivity contribution in [2.45, 2.75) is 6.92 Å². The van der Waals surface area contributed by atoms with Crippen molar-refractivity contribution in [1.29, 1.82) is 0 Å². The average Bonchev–Trinajstić information content (AvgIpc) is 2.92. The number of nitrogens with zero attached hydrogens (tertiary/aromatic N) is 4. The van der Waals surface area contributed by atoms with Crippen LogP contribution in [0.1, 0.15) is 5.69 Å². The molecule has 0 aliphatic heterocycles. The van der Waals surface area contributed by atoms with Crippen LogP contribution in [0.2, 0.25) is 0 Å². The number of imidazole rings is 1. The summed E-state index contributed by atoms with van der Waals surface area (Å²) in [7, 11) is 3.55. The fraction of sp³-hybridized carbons (Fsp3) is 0.200. The molecular weight excluding hydrogens is 266 g/mol. The number of nitrogen functional groups attached to an aromatic ring is 1. The van der Waals surface area contributed by atoms with Crippen molar-refractivity contribution < 1.29 is 0 Å². The molecule has 0 saturated heterocycles. The predicted molar refractivity (Wildman–Crippen MR) is 82.4 cm³/mol. The molecule has 0 aliphatic rings. The largest absolute Gasteiger partial charge is 0.383 e. The molecule has 0 unspecified atom stereocenters. The van der Waals surface area contributed by atoms with E-state index in [9.17, 15) is 4.79 Å². The summed E-state index contributed by atoms with van der Waals surface area (Å²) in [6.45, 7) is 1.91. The Morgan fingerprint density at radius 2 is 1.81 bits per heavy atom. The van der Waals surface area contributed by atoms with Crippen LogP contribution in [0, 0.1) is 6.92 Å². The minimum Gasteiger partial charge on any atom is -0.383 e. The third kappa shape index (κ3) is 2.05. The highest BCUT2D eigenvalue weighted by Gasteiger charge is 2.10. The average molecular weight is 283 g/mol. The fourth-order valence-corrected chi connectivity index (χ4v) is 2.48. The summed E-state index contributed by atoms with van der Waals surface area (Å²) in [5.74, 6) is 0.621. The maximum atomic E-state index is 12.1. The maximum absolute atomic E-state index is 12.1. The van der Waals surface area contributed by atoms with Crippen molar-refractivity contribution in [1.82, 2.24) is 18.9 Å². The molecule has 0 aliphatic carbocycles. The number of nitrogens with two attached hydrogens (primary N) is 1. The molecule has 0 saturated carbocycles. The molecule has 1 aromatic carbocycles. The summed E-state index contributed by atoms with van der Waals surface area (Å²) in [6, 6.07) is 7.72. The molecule has 0 spiro atoms. The molecule has 2 aromatic heterocycles. The van der Waals surface area contributed by atoms with E-state index in [1.165, 1.54) is 0 Å². The van der Waals surface area contributed by atoms with Gasteiger partial charge < -0.3 is 10.3 Å². The summed E-state index contributed by atoms with van der Waals surface area (Å²) < 4.78 is 4.88. The molecule has 6 nitrogen and oxygen atoms in total. The zero-order chi connectivity index (χ0) is 15.1. The summed E-state index contributed by atoms with van der Waals surface area (Å²) in [6.07, 6.45) is 3.56. The minimum absolute atomic E-state index is 0.0545. The van der Waals surface area contributed by atoms with Gasteiger partial charge in [0.25, 0.3) is 0 Å². The van der Waals surface area contributed by atoms with Crippen LogP contribution in [0.5, 0.6) is 0 Å². The number of anilines is 1. The number of aromatic nitrogens is 4. The van der Waals surface area contributed by atoms with Crippen molar-refractivity contribution in [3.8, 4) is 16.8 Å². The van der Waals surface area contributed by atoms with Crippen molar-refractivity contribution in [3.63, 3.8) is 0 Å². The Kier molecular flexibility index (Phi) is 2.94. The monoisotopic (exact) mass is 283 g/mol. The van der Waals surface area contributed by atoms with Gasteiger partial charge >= 0.3 is 5.69 Å². The SMILES string of the molecule is Cc1cn(C)c(=O)n1-c1ccc(-c2cnn(C)c2N)cc1. The Balaban J connectivity index is 2.06. The molecule has 0 atom stereocenters. The maximum Gasteiger partial charge on any atom is 0.332 e. The minimum atomic E-state index is -0.0545. The first-order chi connectivity index (χ1) is 9.99. The first-order valence-electron chi connectivity index (χ1n) is 6.62. The molecule has 0 fully saturated rings. The summed E-state index contributed by atoms with van der Waals surface area (Å²) >= 11 is 0. The first-order valence-corrected chi connectivity index (χ1v) is 6.62. The highest BCUT2D eigenvalue weighted by Crippen LogP contribution is 2.25. The topological polar surface area (TPSA) is 70.8 Å². The third-order valence-corrected chi connectivity index (χ3v) is 3.65. The molecule has 3 rings (SSSR count). The van der Waals surface area contributed by atoms with Crippen molar-refractivity contribution in [2.24, 2.45) is 14.1 Å². The van der Waals surface area contributed by atoms with Gasteiger partial charge in [-0.25, -0.2) is 4.79 Å². The molecular formula is C15H17N5O. The summed E-state index contributed by atoms with van der Waals surface area (Å²) in [5, 5.41) is 4.14. The number of benzene rings is 1. The lowest BCUT2D eigenvalue weighted by molar-refractivity contribution is 0.779.